The third-order valence-corrected chi connectivity index (χ3v) is 2.80. The van der Waals surface area contributed by atoms with E-state index in [0.29, 0.717) is 0 Å². The van der Waals surface area contributed by atoms with Crippen LogP contribution in [0.25, 0.3) is 0 Å². The number of aliphatic hydroxyl groups excluding tert-OH is 4. The molecule has 8 heteroatoms. The van der Waals surface area contributed by atoms with E-state index in [1.807, 2.05) is 0 Å². The van der Waals surface area contributed by atoms with Crippen molar-refractivity contribution in [1.29, 1.82) is 0 Å². The summed E-state index contributed by atoms with van der Waals surface area (Å²) in [5, 5.41) is 37.9. The molecule has 0 aromatic rings. The summed E-state index contributed by atoms with van der Waals surface area (Å²) in [6, 6.07) is 0. The average Bonchev–Trinajstić information content (AvgIpc) is 2.39. The number of hydrogen-bond acceptors (Lipinski definition) is 8. The highest BCUT2D eigenvalue weighted by Gasteiger charge is 2.44. The lowest BCUT2D eigenvalue weighted by molar-refractivity contribution is -0.329. The Balaban J connectivity index is 2.61. The summed E-state index contributed by atoms with van der Waals surface area (Å²) in [6.45, 7) is 5.69. The first kappa shape index (κ1) is 17.0. The van der Waals surface area contributed by atoms with Crippen molar-refractivity contribution in [2.75, 3.05) is 6.61 Å². The summed E-state index contributed by atoms with van der Waals surface area (Å²) >= 11 is 0. The standard InChI is InChI=1S/C12H20O8/c1-5(2)11(17)18-6(3)19-12-10(16)9(15)8(14)7(4-13)20-12/h6-10,12-16H,1,4H2,2-3H3/t6?,7-,8+,9+,10-,12?/m1/s1. The van der Waals surface area contributed by atoms with Crippen molar-refractivity contribution in [2.24, 2.45) is 0 Å². The van der Waals surface area contributed by atoms with E-state index in [0.717, 1.165) is 0 Å². The van der Waals surface area contributed by atoms with Gasteiger partial charge in [0.1, 0.15) is 24.4 Å². The lowest BCUT2D eigenvalue weighted by Gasteiger charge is -2.40. The molecule has 0 bridgehead atoms. The molecule has 0 radical (unpaired) electrons. The third-order valence-electron chi connectivity index (χ3n) is 2.80. The van der Waals surface area contributed by atoms with E-state index < -0.39 is 49.6 Å². The molecule has 0 amide bonds. The summed E-state index contributed by atoms with van der Waals surface area (Å²) in [4.78, 5) is 11.3. The number of carbonyl (C=O) groups excluding carboxylic acids is 1. The van der Waals surface area contributed by atoms with E-state index in [-0.39, 0.29) is 5.57 Å². The molecule has 0 aliphatic carbocycles. The van der Waals surface area contributed by atoms with Crippen molar-refractivity contribution in [3.63, 3.8) is 0 Å². The van der Waals surface area contributed by atoms with Crippen molar-refractivity contribution in [1.82, 2.24) is 0 Å². The minimum Gasteiger partial charge on any atom is -0.433 e. The lowest BCUT2D eigenvalue weighted by atomic mass is 9.99. The van der Waals surface area contributed by atoms with Gasteiger partial charge in [0, 0.05) is 5.57 Å². The van der Waals surface area contributed by atoms with Gasteiger partial charge in [-0.3, -0.25) is 0 Å². The highest BCUT2D eigenvalue weighted by molar-refractivity contribution is 5.86. The second-order valence-electron chi connectivity index (χ2n) is 4.59. The molecule has 0 aromatic carbocycles. The normalized spacial score (nSPS) is 35.4. The van der Waals surface area contributed by atoms with E-state index in [1.165, 1.54) is 13.8 Å². The van der Waals surface area contributed by atoms with E-state index in [1.54, 1.807) is 0 Å². The zero-order chi connectivity index (χ0) is 15.4. The van der Waals surface area contributed by atoms with Crippen LogP contribution >= 0.6 is 0 Å². The van der Waals surface area contributed by atoms with E-state index >= 15 is 0 Å². The van der Waals surface area contributed by atoms with Crippen molar-refractivity contribution < 1.29 is 39.4 Å². The fraction of sp³-hybridized carbons (Fsp3) is 0.750. The van der Waals surface area contributed by atoms with Crippen LogP contribution in [0.3, 0.4) is 0 Å². The minimum absolute atomic E-state index is 0.175. The highest BCUT2D eigenvalue weighted by atomic mass is 16.8. The van der Waals surface area contributed by atoms with E-state index in [4.69, 9.17) is 19.3 Å². The van der Waals surface area contributed by atoms with Crippen LogP contribution in [0.2, 0.25) is 0 Å². The Bertz CT molecular complexity index is 355. The van der Waals surface area contributed by atoms with E-state index in [2.05, 4.69) is 6.58 Å². The number of aliphatic hydroxyl groups is 4. The maximum Gasteiger partial charge on any atom is 0.335 e. The number of rotatable bonds is 5. The summed E-state index contributed by atoms with van der Waals surface area (Å²) in [7, 11) is 0. The topological polar surface area (TPSA) is 126 Å². The Morgan fingerprint density at radius 3 is 2.40 bits per heavy atom. The smallest absolute Gasteiger partial charge is 0.335 e. The second kappa shape index (κ2) is 7.11. The van der Waals surface area contributed by atoms with Gasteiger partial charge in [-0.25, -0.2) is 4.79 Å². The maximum atomic E-state index is 11.3. The fourth-order valence-electron chi connectivity index (χ4n) is 1.65. The third kappa shape index (κ3) is 3.98. The zero-order valence-corrected chi connectivity index (χ0v) is 11.3. The molecule has 1 aliphatic rings. The molecule has 4 N–H and O–H groups in total. The van der Waals surface area contributed by atoms with Gasteiger partial charge in [0.15, 0.2) is 6.29 Å². The van der Waals surface area contributed by atoms with Gasteiger partial charge >= 0.3 is 5.97 Å². The Hall–Kier alpha value is -1.03. The van der Waals surface area contributed by atoms with Gasteiger partial charge in [0.25, 0.3) is 0 Å². The molecule has 20 heavy (non-hydrogen) atoms. The molecule has 1 saturated heterocycles. The van der Waals surface area contributed by atoms with Gasteiger partial charge < -0.3 is 34.6 Å². The minimum atomic E-state index is -1.55. The van der Waals surface area contributed by atoms with Gasteiger partial charge in [-0.15, -0.1) is 0 Å². The molecular weight excluding hydrogens is 272 g/mol. The van der Waals surface area contributed by atoms with Crippen LogP contribution in [0.15, 0.2) is 12.2 Å². The molecular formula is C12H20O8. The molecule has 0 aromatic heterocycles. The predicted octanol–water partition coefficient (Wildman–Crippen LogP) is -1.73. The monoisotopic (exact) mass is 292 g/mol. The van der Waals surface area contributed by atoms with Crippen LogP contribution in [0.5, 0.6) is 0 Å². The van der Waals surface area contributed by atoms with E-state index in [9.17, 15) is 20.1 Å². The van der Waals surface area contributed by atoms with Crippen molar-refractivity contribution in [3.05, 3.63) is 12.2 Å². The Morgan fingerprint density at radius 2 is 1.90 bits per heavy atom. The Morgan fingerprint density at radius 1 is 1.30 bits per heavy atom. The molecule has 1 heterocycles. The van der Waals surface area contributed by atoms with Gasteiger partial charge in [-0.1, -0.05) is 6.58 Å². The summed E-state index contributed by atoms with van der Waals surface area (Å²) in [5.74, 6) is -0.679. The number of esters is 1. The molecule has 1 rings (SSSR count). The molecule has 0 spiro atoms. The summed E-state index contributed by atoms with van der Waals surface area (Å²) < 4.78 is 15.1. The number of carbonyl (C=O) groups is 1. The van der Waals surface area contributed by atoms with Crippen LogP contribution in [0.4, 0.5) is 0 Å². The van der Waals surface area contributed by atoms with Gasteiger partial charge in [0.05, 0.1) is 6.61 Å². The zero-order valence-electron chi connectivity index (χ0n) is 11.3. The molecule has 1 fully saturated rings. The highest BCUT2D eigenvalue weighted by Crippen LogP contribution is 2.23. The first-order valence-corrected chi connectivity index (χ1v) is 6.10. The van der Waals surface area contributed by atoms with Crippen LogP contribution < -0.4 is 0 Å². The van der Waals surface area contributed by atoms with Crippen molar-refractivity contribution in [2.45, 2.75) is 50.8 Å². The van der Waals surface area contributed by atoms with Crippen molar-refractivity contribution >= 4 is 5.97 Å². The molecule has 1 aliphatic heterocycles. The van der Waals surface area contributed by atoms with Crippen molar-refractivity contribution in [3.8, 4) is 0 Å². The fourth-order valence-corrected chi connectivity index (χ4v) is 1.65. The quantitative estimate of drug-likeness (QED) is 0.267. The molecule has 116 valence electrons. The number of ether oxygens (including phenoxy) is 3. The summed E-state index contributed by atoms with van der Waals surface area (Å²) in [6.07, 6.45) is -8.06. The largest absolute Gasteiger partial charge is 0.433 e. The SMILES string of the molecule is C=C(C)C(=O)OC(C)OC1O[C@H](CO)[C@H](O)[C@H](O)[C@H]1O. The Kier molecular flexibility index (Phi) is 6.06. The van der Waals surface area contributed by atoms with Crippen LogP contribution in [-0.4, -0.2) is 70.0 Å². The number of hydrogen-bond donors (Lipinski definition) is 4. The van der Waals surface area contributed by atoms with Crippen LogP contribution in [-0.2, 0) is 19.0 Å². The summed E-state index contributed by atoms with van der Waals surface area (Å²) in [5.41, 5.74) is 0.175. The maximum absolute atomic E-state index is 11.3. The van der Waals surface area contributed by atoms with Crippen LogP contribution in [0.1, 0.15) is 13.8 Å². The molecule has 8 nitrogen and oxygen atoms in total. The first-order chi connectivity index (χ1) is 9.27. The molecule has 0 saturated carbocycles. The predicted molar refractivity (Wildman–Crippen MR) is 65.2 cm³/mol. The van der Waals surface area contributed by atoms with Crippen LogP contribution in [0, 0.1) is 0 Å². The molecule has 6 atom stereocenters. The second-order valence-corrected chi connectivity index (χ2v) is 4.59. The van der Waals surface area contributed by atoms with Gasteiger partial charge in [-0.2, -0.15) is 0 Å². The first-order valence-electron chi connectivity index (χ1n) is 6.10. The average molecular weight is 292 g/mol. The lowest BCUT2D eigenvalue weighted by Crippen LogP contribution is -2.59. The van der Waals surface area contributed by atoms with Gasteiger partial charge in [0.2, 0.25) is 6.29 Å². The molecule has 2 unspecified atom stereocenters. The van der Waals surface area contributed by atoms with Gasteiger partial charge in [-0.05, 0) is 13.8 Å². The Labute approximate surface area is 116 Å².